The van der Waals surface area contributed by atoms with E-state index in [2.05, 4.69) is 15.4 Å². The van der Waals surface area contributed by atoms with Crippen LogP contribution in [0.1, 0.15) is 37.3 Å². The second-order valence-electron chi connectivity index (χ2n) is 5.89. The zero-order valence-electron chi connectivity index (χ0n) is 11.5. The molecule has 1 aromatic rings. The van der Waals surface area contributed by atoms with E-state index in [1.807, 2.05) is 18.5 Å². The number of aromatic nitrogens is 3. The molecule has 1 heterocycles. The largest absolute Gasteiger partial charge is 0.368 e. The summed E-state index contributed by atoms with van der Waals surface area (Å²) < 4.78 is 1.81. The van der Waals surface area contributed by atoms with Gasteiger partial charge in [0.1, 0.15) is 17.2 Å². The first-order chi connectivity index (χ1) is 9.01. The normalized spacial score (nSPS) is 22.2. The Bertz CT molecular complexity index is 503. The smallest absolute Gasteiger partial charge is 0.239 e. The van der Waals surface area contributed by atoms with Crippen LogP contribution < -0.4 is 11.1 Å². The molecule has 6 nitrogen and oxygen atoms in total. The summed E-state index contributed by atoms with van der Waals surface area (Å²) in [4.78, 5) is 16.4. The Kier molecular flexibility index (Phi) is 2.85. The van der Waals surface area contributed by atoms with Crippen molar-refractivity contribution in [2.45, 2.75) is 57.7 Å². The maximum atomic E-state index is 12.1. The second kappa shape index (κ2) is 4.30. The van der Waals surface area contributed by atoms with Crippen molar-refractivity contribution >= 4 is 5.91 Å². The fourth-order valence-electron chi connectivity index (χ4n) is 2.76. The van der Waals surface area contributed by atoms with E-state index in [9.17, 15) is 4.79 Å². The van der Waals surface area contributed by atoms with E-state index in [0.29, 0.717) is 18.5 Å². The predicted octanol–water partition coefficient (Wildman–Crippen LogP) is 0.281. The van der Waals surface area contributed by atoms with Crippen molar-refractivity contribution in [3.05, 3.63) is 11.6 Å². The van der Waals surface area contributed by atoms with Crippen molar-refractivity contribution in [1.29, 1.82) is 0 Å². The molecule has 0 bridgehead atoms. The third-order valence-electron chi connectivity index (χ3n) is 4.11. The molecule has 2 aliphatic carbocycles. The minimum absolute atomic E-state index is 0.255. The Hall–Kier alpha value is -1.43. The number of nitrogens with one attached hydrogen (secondary N) is 1. The van der Waals surface area contributed by atoms with E-state index in [4.69, 9.17) is 5.73 Å². The molecule has 3 N–H and O–H groups in total. The number of hydrogen-bond acceptors (Lipinski definition) is 4. The molecule has 0 aliphatic heterocycles. The van der Waals surface area contributed by atoms with E-state index >= 15 is 0 Å². The van der Waals surface area contributed by atoms with Crippen LogP contribution in [0.15, 0.2) is 0 Å². The van der Waals surface area contributed by atoms with Crippen molar-refractivity contribution in [2.24, 2.45) is 11.7 Å². The maximum absolute atomic E-state index is 12.1. The molecule has 3 rings (SSSR count). The third kappa shape index (κ3) is 2.36. The molecule has 2 aliphatic rings. The van der Waals surface area contributed by atoms with Gasteiger partial charge in [0, 0.05) is 6.04 Å². The van der Waals surface area contributed by atoms with Gasteiger partial charge in [-0.1, -0.05) is 0 Å². The van der Waals surface area contributed by atoms with Gasteiger partial charge in [0.2, 0.25) is 5.91 Å². The molecule has 1 amide bonds. The Balaban J connectivity index is 1.89. The fraction of sp³-hybridized carbons (Fsp3) is 0.769. The number of aryl methyl sites for hydroxylation is 2. The van der Waals surface area contributed by atoms with Gasteiger partial charge >= 0.3 is 0 Å². The highest BCUT2D eigenvalue weighted by atomic mass is 16.1. The van der Waals surface area contributed by atoms with Crippen molar-refractivity contribution in [3.8, 4) is 0 Å². The number of nitrogens with two attached hydrogens (primary N) is 1. The summed E-state index contributed by atoms with van der Waals surface area (Å²) in [6.07, 6.45) is 4.40. The van der Waals surface area contributed by atoms with Crippen molar-refractivity contribution in [3.63, 3.8) is 0 Å². The quantitative estimate of drug-likeness (QED) is 0.772. The Morgan fingerprint density at radius 3 is 2.53 bits per heavy atom. The SMILES string of the molecule is Cc1nc(C)n(CC(NC2CC2)(C(N)=O)C2CC2)n1. The van der Waals surface area contributed by atoms with Gasteiger partial charge in [-0.25, -0.2) is 9.67 Å². The van der Waals surface area contributed by atoms with Crippen molar-refractivity contribution < 1.29 is 4.79 Å². The number of primary amides is 1. The minimum Gasteiger partial charge on any atom is -0.368 e. The van der Waals surface area contributed by atoms with Gasteiger partial charge in [0.05, 0.1) is 6.54 Å². The Labute approximate surface area is 112 Å². The summed E-state index contributed by atoms with van der Waals surface area (Å²) in [5, 5.41) is 7.86. The summed E-state index contributed by atoms with van der Waals surface area (Å²) in [5.74, 6) is 1.66. The summed E-state index contributed by atoms with van der Waals surface area (Å²) in [6.45, 7) is 4.27. The first kappa shape index (κ1) is 12.6. The average Bonchev–Trinajstić information content (AvgIpc) is 3.20. The monoisotopic (exact) mass is 263 g/mol. The molecule has 0 saturated heterocycles. The fourth-order valence-corrected chi connectivity index (χ4v) is 2.76. The Morgan fingerprint density at radius 1 is 1.42 bits per heavy atom. The first-order valence-electron chi connectivity index (χ1n) is 6.97. The molecule has 0 aromatic carbocycles. The van der Waals surface area contributed by atoms with Crippen LogP contribution in [-0.2, 0) is 11.3 Å². The number of carbonyl (C=O) groups excluding carboxylic acids is 1. The van der Waals surface area contributed by atoms with E-state index in [0.717, 1.165) is 37.3 Å². The summed E-state index contributed by atoms with van der Waals surface area (Å²) in [7, 11) is 0. The molecule has 2 fully saturated rings. The molecule has 0 radical (unpaired) electrons. The lowest BCUT2D eigenvalue weighted by atomic mass is 9.91. The van der Waals surface area contributed by atoms with Gasteiger partial charge in [-0.2, -0.15) is 5.10 Å². The summed E-state index contributed by atoms with van der Waals surface area (Å²) in [5.41, 5.74) is 5.08. The molecule has 1 aromatic heterocycles. The minimum atomic E-state index is -0.647. The van der Waals surface area contributed by atoms with Crippen LogP contribution in [0.3, 0.4) is 0 Å². The molecule has 1 unspecified atom stereocenters. The first-order valence-corrected chi connectivity index (χ1v) is 6.97. The van der Waals surface area contributed by atoms with Gasteiger partial charge in [-0.05, 0) is 45.4 Å². The van der Waals surface area contributed by atoms with Crippen LogP contribution in [0, 0.1) is 19.8 Å². The molecule has 6 heteroatoms. The molecular formula is C13H21N5O. The summed E-state index contributed by atoms with van der Waals surface area (Å²) in [6, 6.07) is 0.443. The number of hydrogen-bond donors (Lipinski definition) is 2. The van der Waals surface area contributed by atoms with Crippen LogP contribution in [-0.4, -0.2) is 32.3 Å². The second-order valence-corrected chi connectivity index (χ2v) is 5.89. The molecule has 19 heavy (non-hydrogen) atoms. The van der Waals surface area contributed by atoms with Crippen molar-refractivity contribution in [2.75, 3.05) is 0 Å². The lowest BCUT2D eigenvalue weighted by molar-refractivity contribution is -0.126. The Morgan fingerprint density at radius 2 is 2.11 bits per heavy atom. The predicted molar refractivity (Wildman–Crippen MR) is 70.3 cm³/mol. The van der Waals surface area contributed by atoms with Gasteiger partial charge in [-0.15, -0.1) is 0 Å². The van der Waals surface area contributed by atoms with Crippen molar-refractivity contribution in [1.82, 2.24) is 20.1 Å². The van der Waals surface area contributed by atoms with Crippen LogP contribution >= 0.6 is 0 Å². The van der Waals surface area contributed by atoms with Crippen LogP contribution in [0.5, 0.6) is 0 Å². The standard InChI is InChI=1S/C13H21N5O/c1-8-15-9(2)18(17-8)7-13(12(14)19,10-3-4-10)16-11-5-6-11/h10-11,16H,3-7H2,1-2H3,(H2,14,19). The number of amides is 1. The lowest BCUT2D eigenvalue weighted by Gasteiger charge is -2.32. The molecule has 1 atom stereocenters. The zero-order valence-corrected chi connectivity index (χ0v) is 11.5. The van der Waals surface area contributed by atoms with Crippen LogP contribution in [0.2, 0.25) is 0 Å². The van der Waals surface area contributed by atoms with Crippen LogP contribution in [0.25, 0.3) is 0 Å². The maximum Gasteiger partial charge on any atom is 0.239 e. The number of nitrogens with zero attached hydrogens (tertiary/aromatic N) is 3. The van der Waals surface area contributed by atoms with Gasteiger partial charge < -0.3 is 5.73 Å². The van der Waals surface area contributed by atoms with Gasteiger partial charge in [0.25, 0.3) is 0 Å². The highest BCUT2D eigenvalue weighted by molar-refractivity contribution is 5.85. The number of carbonyl (C=O) groups is 1. The van der Waals surface area contributed by atoms with E-state index in [1.165, 1.54) is 0 Å². The number of rotatable bonds is 6. The van der Waals surface area contributed by atoms with Crippen LogP contribution in [0.4, 0.5) is 0 Å². The molecule has 2 saturated carbocycles. The lowest BCUT2D eigenvalue weighted by Crippen LogP contribution is -2.60. The summed E-state index contributed by atoms with van der Waals surface area (Å²) >= 11 is 0. The highest BCUT2D eigenvalue weighted by Gasteiger charge is 2.52. The molecule has 0 spiro atoms. The third-order valence-corrected chi connectivity index (χ3v) is 4.11. The van der Waals surface area contributed by atoms with Gasteiger partial charge in [0.15, 0.2) is 0 Å². The van der Waals surface area contributed by atoms with Gasteiger partial charge in [-0.3, -0.25) is 10.1 Å². The zero-order chi connectivity index (χ0) is 13.6. The topological polar surface area (TPSA) is 85.8 Å². The van der Waals surface area contributed by atoms with E-state index in [1.54, 1.807) is 0 Å². The highest BCUT2D eigenvalue weighted by Crippen LogP contribution is 2.42. The molecule has 104 valence electrons. The van der Waals surface area contributed by atoms with E-state index in [-0.39, 0.29) is 5.91 Å². The average molecular weight is 263 g/mol. The van der Waals surface area contributed by atoms with E-state index < -0.39 is 5.54 Å². The molecular weight excluding hydrogens is 242 g/mol.